The van der Waals surface area contributed by atoms with Crippen LogP contribution in [-0.4, -0.2) is 64.4 Å². The maximum atomic E-state index is 13.4. The minimum Gasteiger partial charge on any atom is -0.494 e. The Balaban J connectivity index is 1.29. The van der Waals surface area contributed by atoms with Gasteiger partial charge in [0.25, 0.3) is 5.91 Å². The zero-order chi connectivity index (χ0) is 23.0. The Hall–Kier alpha value is -3.45. The molecule has 0 atom stereocenters. The molecule has 3 amide bonds. The number of hydrogen-bond donors (Lipinski definition) is 0. The van der Waals surface area contributed by atoms with Gasteiger partial charge in [0, 0.05) is 32.1 Å². The molecule has 7 heteroatoms. The van der Waals surface area contributed by atoms with Crippen LogP contribution < -0.4 is 4.74 Å². The lowest BCUT2D eigenvalue weighted by Crippen LogP contribution is -2.55. The number of likely N-dealkylation sites (tertiary alicyclic amines) is 1. The first-order valence-corrected chi connectivity index (χ1v) is 11.3. The molecule has 33 heavy (non-hydrogen) atoms. The van der Waals surface area contributed by atoms with Gasteiger partial charge in [-0.3, -0.25) is 14.6 Å². The third-order valence-corrected chi connectivity index (χ3v) is 7.02. The molecule has 0 aliphatic carbocycles. The Morgan fingerprint density at radius 1 is 0.939 bits per heavy atom. The van der Waals surface area contributed by atoms with Gasteiger partial charge in [0.05, 0.1) is 19.3 Å². The minimum absolute atomic E-state index is 0.0768. The van der Waals surface area contributed by atoms with Gasteiger partial charge in [0.2, 0.25) is 0 Å². The summed E-state index contributed by atoms with van der Waals surface area (Å²) in [6.07, 6.45) is 1.24. The molecule has 1 aromatic heterocycles. The molecular weight excluding hydrogens is 416 g/mol. The predicted molar refractivity (Wildman–Crippen MR) is 126 cm³/mol. The highest BCUT2D eigenvalue weighted by Gasteiger charge is 2.56. The number of para-hydroxylation sites is 1. The molecule has 7 nitrogen and oxygen atoms in total. The predicted octanol–water partition coefficient (Wildman–Crippen LogP) is 3.67. The molecule has 0 radical (unpaired) electrons. The number of carbonyl (C=O) groups is 2. The van der Waals surface area contributed by atoms with Crippen molar-refractivity contribution >= 4 is 22.8 Å². The fourth-order valence-corrected chi connectivity index (χ4v) is 5.02. The minimum atomic E-state index is -0.748. The SMILES string of the molecule is COc1cccc2ccc(CN3CCC4(CC3)C(=O)N(Cc3ccccc3)C(=O)N4C)nc12. The lowest BCUT2D eigenvalue weighted by molar-refractivity contribution is -0.135. The van der Waals surface area contributed by atoms with Crippen molar-refractivity contribution in [2.45, 2.75) is 31.5 Å². The number of aromatic nitrogens is 1. The zero-order valence-electron chi connectivity index (χ0n) is 19.0. The number of hydrogen-bond acceptors (Lipinski definition) is 5. The maximum absolute atomic E-state index is 13.4. The summed E-state index contributed by atoms with van der Waals surface area (Å²) in [7, 11) is 3.42. The molecule has 0 unspecified atom stereocenters. The summed E-state index contributed by atoms with van der Waals surface area (Å²) in [6, 6.07) is 19.5. The summed E-state index contributed by atoms with van der Waals surface area (Å²) in [5.41, 5.74) is 2.04. The number of piperidine rings is 1. The third-order valence-electron chi connectivity index (χ3n) is 7.02. The van der Waals surface area contributed by atoms with Gasteiger partial charge in [-0.2, -0.15) is 0 Å². The van der Waals surface area contributed by atoms with E-state index >= 15 is 0 Å². The number of amides is 3. The van der Waals surface area contributed by atoms with Crippen LogP contribution in [0.4, 0.5) is 4.79 Å². The van der Waals surface area contributed by atoms with Gasteiger partial charge in [0.1, 0.15) is 16.8 Å². The quantitative estimate of drug-likeness (QED) is 0.562. The van der Waals surface area contributed by atoms with Gasteiger partial charge >= 0.3 is 6.03 Å². The van der Waals surface area contributed by atoms with Crippen molar-refractivity contribution < 1.29 is 14.3 Å². The number of urea groups is 1. The Morgan fingerprint density at radius 3 is 2.42 bits per heavy atom. The van der Waals surface area contributed by atoms with E-state index in [2.05, 4.69) is 11.0 Å². The molecule has 2 aliphatic heterocycles. The maximum Gasteiger partial charge on any atom is 0.327 e. The number of carbonyl (C=O) groups excluding carboxylic acids is 2. The number of pyridine rings is 1. The molecule has 2 fully saturated rings. The van der Waals surface area contributed by atoms with Crippen molar-refractivity contribution in [3.05, 3.63) is 71.9 Å². The number of methoxy groups -OCH3 is 1. The molecule has 0 N–H and O–H groups in total. The number of benzene rings is 2. The molecule has 3 heterocycles. The van der Waals surface area contributed by atoms with Crippen LogP contribution in [0.1, 0.15) is 24.1 Å². The Bertz CT molecular complexity index is 1190. The van der Waals surface area contributed by atoms with Gasteiger partial charge in [-0.05, 0) is 30.5 Å². The number of fused-ring (bicyclic) bond motifs is 1. The first kappa shape index (κ1) is 21.4. The van der Waals surface area contributed by atoms with Crippen LogP contribution in [0.25, 0.3) is 10.9 Å². The summed E-state index contributed by atoms with van der Waals surface area (Å²) in [4.78, 5) is 36.6. The monoisotopic (exact) mass is 444 g/mol. The van der Waals surface area contributed by atoms with E-state index in [1.54, 1.807) is 19.1 Å². The van der Waals surface area contributed by atoms with E-state index in [0.717, 1.165) is 41.0 Å². The second-order valence-electron chi connectivity index (χ2n) is 8.86. The van der Waals surface area contributed by atoms with Gasteiger partial charge in [-0.1, -0.05) is 48.5 Å². The fraction of sp³-hybridized carbons (Fsp3) is 0.346. The van der Waals surface area contributed by atoms with E-state index in [4.69, 9.17) is 9.72 Å². The Morgan fingerprint density at radius 2 is 1.70 bits per heavy atom. The number of likely N-dealkylation sites (N-methyl/N-ethyl adjacent to an activating group) is 1. The standard InChI is InChI=1S/C26H28N4O3/c1-28-25(32)30(17-19-7-4-3-5-8-19)24(31)26(28)13-15-29(16-14-26)18-21-12-11-20-9-6-10-22(33-2)23(20)27-21/h3-12H,13-18H2,1-2H3. The Kier molecular flexibility index (Phi) is 5.50. The highest BCUT2D eigenvalue weighted by molar-refractivity contribution is 6.07. The van der Waals surface area contributed by atoms with Crippen molar-refractivity contribution in [1.82, 2.24) is 19.7 Å². The summed E-state index contributed by atoms with van der Waals surface area (Å²) in [5, 5.41) is 1.05. The van der Waals surface area contributed by atoms with E-state index in [-0.39, 0.29) is 11.9 Å². The van der Waals surface area contributed by atoms with Crippen molar-refractivity contribution in [2.75, 3.05) is 27.2 Å². The lowest BCUT2D eigenvalue weighted by Gasteiger charge is -2.40. The van der Waals surface area contributed by atoms with Crippen molar-refractivity contribution in [1.29, 1.82) is 0 Å². The van der Waals surface area contributed by atoms with E-state index in [1.165, 1.54) is 4.90 Å². The highest BCUT2D eigenvalue weighted by atomic mass is 16.5. The molecule has 2 saturated heterocycles. The summed E-state index contributed by atoms with van der Waals surface area (Å²) >= 11 is 0. The summed E-state index contributed by atoms with van der Waals surface area (Å²) < 4.78 is 5.47. The van der Waals surface area contributed by atoms with Crippen LogP contribution in [0.5, 0.6) is 5.75 Å². The third kappa shape index (κ3) is 3.72. The molecular formula is C26H28N4O3. The van der Waals surface area contributed by atoms with E-state index in [9.17, 15) is 9.59 Å². The fourth-order valence-electron chi connectivity index (χ4n) is 5.02. The van der Waals surface area contributed by atoms with Crippen LogP contribution in [0.3, 0.4) is 0 Å². The topological polar surface area (TPSA) is 66.0 Å². The number of rotatable bonds is 5. The molecule has 2 aliphatic rings. The smallest absolute Gasteiger partial charge is 0.327 e. The first-order valence-electron chi connectivity index (χ1n) is 11.3. The van der Waals surface area contributed by atoms with Gasteiger partial charge in [-0.25, -0.2) is 9.78 Å². The average molecular weight is 445 g/mol. The molecule has 1 spiro atoms. The Labute approximate surface area is 193 Å². The number of nitrogens with zero attached hydrogens (tertiary/aromatic N) is 4. The van der Waals surface area contributed by atoms with Gasteiger partial charge < -0.3 is 9.64 Å². The van der Waals surface area contributed by atoms with Crippen LogP contribution >= 0.6 is 0 Å². The number of imide groups is 1. The van der Waals surface area contributed by atoms with Crippen LogP contribution in [0.15, 0.2) is 60.7 Å². The summed E-state index contributed by atoms with van der Waals surface area (Å²) in [5.74, 6) is 0.689. The van der Waals surface area contributed by atoms with Crippen LogP contribution in [0, 0.1) is 0 Å². The van der Waals surface area contributed by atoms with Crippen molar-refractivity contribution in [3.8, 4) is 5.75 Å². The van der Waals surface area contributed by atoms with E-state index < -0.39 is 5.54 Å². The molecule has 2 aromatic carbocycles. The second-order valence-corrected chi connectivity index (χ2v) is 8.86. The van der Waals surface area contributed by atoms with E-state index in [1.807, 2.05) is 54.6 Å². The van der Waals surface area contributed by atoms with E-state index in [0.29, 0.717) is 25.9 Å². The lowest BCUT2D eigenvalue weighted by atomic mass is 9.86. The van der Waals surface area contributed by atoms with Gasteiger partial charge in [0.15, 0.2) is 0 Å². The molecule has 0 bridgehead atoms. The van der Waals surface area contributed by atoms with Gasteiger partial charge in [-0.15, -0.1) is 0 Å². The summed E-state index contributed by atoms with van der Waals surface area (Å²) in [6.45, 7) is 2.48. The van der Waals surface area contributed by atoms with Crippen LogP contribution in [-0.2, 0) is 17.9 Å². The number of ether oxygens (including phenoxy) is 1. The molecule has 5 rings (SSSR count). The zero-order valence-corrected chi connectivity index (χ0v) is 19.0. The largest absolute Gasteiger partial charge is 0.494 e. The first-order chi connectivity index (χ1) is 16.0. The van der Waals surface area contributed by atoms with Crippen molar-refractivity contribution in [2.24, 2.45) is 0 Å². The normalized spacial score (nSPS) is 18.5. The average Bonchev–Trinajstić information content (AvgIpc) is 3.02. The van der Waals surface area contributed by atoms with Crippen LogP contribution in [0.2, 0.25) is 0 Å². The molecule has 3 aromatic rings. The molecule has 170 valence electrons. The molecule has 0 saturated carbocycles. The second kappa shape index (κ2) is 8.48. The highest BCUT2D eigenvalue weighted by Crippen LogP contribution is 2.37. The van der Waals surface area contributed by atoms with Crippen molar-refractivity contribution in [3.63, 3.8) is 0 Å².